The van der Waals surface area contributed by atoms with Crippen molar-refractivity contribution in [1.82, 2.24) is 10.2 Å². The summed E-state index contributed by atoms with van der Waals surface area (Å²) in [5, 5.41) is 2.69. The van der Waals surface area contributed by atoms with Gasteiger partial charge in [-0.15, -0.1) is 11.3 Å². The molecule has 0 saturated carbocycles. The molecule has 5 nitrogen and oxygen atoms in total. The van der Waals surface area contributed by atoms with E-state index in [1.54, 1.807) is 13.0 Å². The van der Waals surface area contributed by atoms with Gasteiger partial charge in [0.25, 0.3) is 5.91 Å². The molecule has 1 aliphatic heterocycles. The number of thiophene rings is 1. The van der Waals surface area contributed by atoms with Crippen LogP contribution in [0, 0.1) is 5.82 Å². The average Bonchev–Trinajstić information content (AvgIpc) is 3.21. The van der Waals surface area contributed by atoms with E-state index >= 15 is 0 Å². The van der Waals surface area contributed by atoms with Gasteiger partial charge < -0.3 is 5.32 Å². The zero-order chi connectivity index (χ0) is 18.9. The third kappa shape index (κ3) is 3.03. The van der Waals surface area contributed by atoms with Crippen molar-refractivity contribution < 1.29 is 18.8 Å². The van der Waals surface area contributed by atoms with Crippen LogP contribution in [0.4, 0.5) is 9.18 Å². The molecule has 1 aliphatic rings. The Morgan fingerprint density at radius 3 is 2.42 bits per heavy atom. The summed E-state index contributed by atoms with van der Waals surface area (Å²) >= 11 is 1.37. The van der Waals surface area contributed by atoms with Gasteiger partial charge in [-0.3, -0.25) is 14.5 Å². The molecule has 2 heterocycles. The van der Waals surface area contributed by atoms with Gasteiger partial charge in [-0.25, -0.2) is 9.18 Å². The number of hydrogen-bond donors (Lipinski definition) is 1. The Morgan fingerprint density at radius 2 is 1.85 bits per heavy atom. The molecule has 7 heteroatoms. The largest absolute Gasteiger partial charge is 0.325 e. The first-order valence-electron chi connectivity index (χ1n) is 8.43. The first-order valence-corrected chi connectivity index (χ1v) is 9.25. The molecule has 0 unspecified atom stereocenters. The van der Waals surface area contributed by atoms with Crippen LogP contribution in [0.2, 0.25) is 0 Å². The van der Waals surface area contributed by atoms with Gasteiger partial charge in [0.05, 0.1) is 11.4 Å². The van der Waals surface area contributed by atoms with Crippen LogP contribution in [0.15, 0.2) is 36.4 Å². The summed E-state index contributed by atoms with van der Waals surface area (Å²) in [4.78, 5) is 40.4. The normalized spacial score (nSPS) is 19.7. The van der Waals surface area contributed by atoms with Gasteiger partial charge in [-0.2, -0.15) is 0 Å². The predicted octanol–water partition coefficient (Wildman–Crippen LogP) is 3.49. The number of benzene rings is 1. The molecule has 1 atom stereocenters. The van der Waals surface area contributed by atoms with E-state index in [1.165, 1.54) is 35.6 Å². The molecule has 1 aromatic heterocycles. The molecular formula is C19H19FN2O3S. The number of nitrogens with zero attached hydrogens (tertiary/aromatic N) is 1. The highest BCUT2D eigenvalue weighted by molar-refractivity contribution is 7.14. The molecule has 136 valence electrons. The lowest BCUT2D eigenvalue weighted by Crippen LogP contribution is -2.43. The summed E-state index contributed by atoms with van der Waals surface area (Å²) in [6.07, 6.45) is 1.12. The van der Waals surface area contributed by atoms with Gasteiger partial charge in [0.2, 0.25) is 0 Å². The quantitative estimate of drug-likeness (QED) is 0.622. The smallest absolute Gasteiger partial charge is 0.319 e. The fourth-order valence-electron chi connectivity index (χ4n) is 3.08. The van der Waals surface area contributed by atoms with Crippen molar-refractivity contribution in [2.45, 2.75) is 32.2 Å². The van der Waals surface area contributed by atoms with Gasteiger partial charge >= 0.3 is 6.03 Å². The summed E-state index contributed by atoms with van der Waals surface area (Å²) in [7, 11) is 0. The molecule has 3 rings (SSSR count). The summed E-state index contributed by atoms with van der Waals surface area (Å²) in [6.45, 7) is 3.45. The van der Waals surface area contributed by atoms with E-state index in [1.807, 2.05) is 13.0 Å². The molecule has 1 aromatic carbocycles. The number of rotatable bonds is 6. The third-order valence-electron chi connectivity index (χ3n) is 4.63. The van der Waals surface area contributed by atoms with E-state index in [0.717, 1.165) is 16.2 Å². The summed E-state index contributed by atoms with van der Waals surface area (Å²) in [5.74, 6) is -1.19. The predicted molar refractivity (Wildman–Crippen MR) is 96.6 cm³/mol. The summed E-state index contributed by atoms with van der Waals surface area (Å²) < 4.78 is 13.2. The van der Waals surface area contributed by atoms with Crippen molar-refractivity contribution in [3.8, 4) is 0 Å². The lowest BCUT2D eigenvalue weighted by Gasteiger charge is -2.25. The SMILES string of the molecule is CCc1ccc(C(=O)CN2C(=O)N[C@@](CC)(c3ccc(F)cc3)C2=O)s1. The second-order valence-corrected chi connectivity index (χ2v) is 7.30. The Kier molecular flexibility index (Phi) is 4.91. The molecule has 1 saturated heterocycles. The lowest BCUT2D eigenvalue weighted by molar-refractivity contribution is -0.131. The molecule has 26 heavy (non-hydrogen) atoms. The molecule has 0 spiro atoms. The topological polar surface area (TPSA) is 66.5 Å². The number of amides is 3. The Bertz CT molecular complexity index is 862. The van der Waals surface area contributed by atoms with E-state index in [-0.39, 0.29) is 12.3 Å². The van der Waals surface area contributed by atoms with Crippen molar-refractivity contribution in [3.05, 3.63) is 57.5 Å². The highest BCUT2D eigenvalue weighted by atomic mass is 32.1. The number of ketones is 1. The van der Waals surface area contributed by atoms with Crippen LogP contribution in [0.3, 0.4) is 0 Å². The number of urea groups is 1. The molecular weight excluding hydrogens is 355 g/mol. The van der Waals surface area contributed by atoms with Crippen LogP contribution in [-0.4, -0.2) is 29.2 Å². The van der Waals surface area contributed by atoms with Crippen LogP contribution >= 0.6 is 11.3 Å². The number of halogens is 1. The van der Waals surface area contributed by atoms with Crippen molar-refractivity contribution >= 4 is 29.1 Å². The van der Waals surface area contributed by atoms with Crippen molar-refractivity contribution in [1.29, 1.82) is 0 Å². The summed E-state index contributed by atoms with van der Waals surface area (Å²) in [5.41, 5.74) is -0.770. The molecule has 1 N–H and O–H groups in total. The number of carbonyl (C=O) groups excluding carboxylic acids is 3. The number of aryl methyl sites for hydroxylation is 1. The molecule has 1 fully saturated rings. The zero-order valence-electron chi connectivity index (χ0n) is 14.5. The maximum Gasteiger partial charge on any atom is 0.325 e. The van der Waals surface area contributed by atoms with Crippen molar-refractivity contribution in [3.63, 3.8) is 0 Å². The van der Waals surface area contributed by atoms with Gasteiger partial charge in [-0.1, -0.05) is 26.0 Å². The Morgan fingerprint density at radius 1 is 1.15 bits per heavy atom. The molecule has 2 aromatic rings. The number of Topliss-reactive ketones (excluding diaryl/α,β-unsaturated/α-hetero) is 1. The number of imide groups is 1. The van der Waals surface area contributed by atoms with E-state index in [9.17, 15) is 18.8 Å². The van der Waals surface area contributed by atoms with E-state index in [2.05, 4.69) is 5.32 Å². The minimum atomic E-state index is -1.27. The average molecular weight is 374 g/mol. The first kappa shape index (κ1) is 18.3. The van der Waals surface area contributed by atoms with E-state index < -0.39 is 23.3 Å². The minimum absolute atomic E-state index is 0.274. The number of carbonyl (C=O) groups is 3. The fraction of sp³-hybridized carbons (Fsp3) is 0.316. The van der Waals surface area contributed by atoms with Crippen LogP contribution in [-0.2, 0) is 16.8 Å². The van der Waals surface area contributed by atoms with Crippen LogP contribution in [0.25, 0.3) is 0 Å². The van der Waals surface area contributed by atoms with Crippen molar-refractivity contribution in [2.75, 3.05) is 6.54 Å². The lowest BCUT2D eigenvalue weighted by atomic mass is 9.87. The number of nitrogens with one attached hydrogen (secondary N) is 1. The maximum atomic E-state index is 13.2. The Hall–Kier alpha value is -2.54. The zero-order valence-corrected chi connectivity index (χ0v) is 15.4. The highest BCUT2D eigenvalue weighted by Gasteiger charge is 2.51. The Labute approximate surface area is 154 Å². The molecule has 0 aliphatic carbocycles. The van der Waals surface area contributed by atoms with Crippen molar-refractivity contribution in [2.24, 2.45) is 0 Å². The fourth-order valence-corrected chi connectivity index (χ4v) is 3.96. The summed E-state index contributed by atoms with van der Waals surface area (Å²) in [6, 6.07) is 8.44. The minimum Gasteiger partial charge on any atom is -0.319 e. The van der Waals surface area contributed by atoms with E-state index in [0.29, 0.717) is 16.9 Å². The van der Waals surface area contributed by atoms with Gasteiger partial charge in [0.15, 0.2) is 5.78 Å². The van der Waals surface area contributed by atoms with Crippen LogP contribution < -0.4 is 5.32 Å². The van der Waals surface area contributed by atoms with Gasteiger partial charge in [0, 0.05) is 4.88 Å². The first-order chi connectivity index (χ1) is 12.4. The van der Waals surface area contributed by atoms with Crippen LogP contribution in [0.5, 0.6) is 0 Å². The number of hydrogen-bond acceptors (Lipinski definition) is 4. The van der Waals surface area contributed by atoms with E-state index in [4.69, 9.17) is 0 Å². The standard InChI is InChI=1S/C19H19FN2O3S/c1-3-14-9-10-16(26-14)15(23)11-22-17(24)19(4-2,21-18(22)25)12-5-7-13(20)8-6-12/h5-10H,3-4,11H2,1-2H3,(H,21,25)/t19-/m0/s1. The maximum absolute atomic E-state index is 13.2. The molecule has 3 amide bonds. The monoisotopic (exact) mass is 374 g/mol. The van der Waals surface area contributed by atoms with Gasteiger partial charge in [-0.05, 0) is 42.7 Å². The second-order valence-electron chi connectivity index (χ2n) is 6.13. The Balaban J connectivity index is 1.85. The molecule has 0 bridgehead atoms. The van der Waals surface area contributed by atoms with Crippen LogP contribution in [0.1, 0.15) is 40.4 Å². The highest BCUT2D eigenvalue weighted by Crippen LogP contribution is 2.32. The van der Waals surface area contributed by atoms with Gasteiger partial charge in [0.1, 0.15) is 11.4 Å². The molecule has 0 radical (unpaired) electrons. The second kappa shape index (κ2) is 6.99. The third-order valence-corrected chi connectivity index (χ3v) is 5.90.